The van der Waals surface area contributed by atoms with Gasteiger partial charge in [-0.15, -0.1) is 11.3 Å². The summed E-state index contributed by atoms with van der Waals surface area (Å²) in [5, 5.41) is 2.00. The molecular weight excluding hydrogens is 336 g/mol. The van der Waals surface area contributed by atoms with E-state index >= 15 is 0 Å². The SMILES string of the molecule is CCN1CC(C(=O)N(Cc2cccs2)c2ccc(OC)cc2)CC1=O. The number of anilines is 1. The van der Waals surface area contributed by atoms with Gasteiger partial charge in [0.2, 0.25) is 11.8 Å². The van der Waals surface area contributed by atoms with Gasteiger partial charge in [0.05, 0.1) is 19.6 Å². The van der Waals surface area contributed by atoms with E-state index in [2.05, 4.69) is 0 Å². The fourth-order valence-corrected chi connectivity index (χ4v) is 3.77. The van der Waals surface area contributed by atoms with Gasteiger partial charge in [0.1, 0.15) is 5.75 Å². The van der Waals surface area contributed by atoms with Gasteiger partial charge >= 0.3 is 0 Å². The van der Waals surface area contributed by atoms with Crippen LogP contribution in [0, 0.1) is 5.92 Å². The Morgan fingerprint density at radius 3 is 2.64 bits per heavy atom. The highest BCUT2D eigenvalue weighted by molar-refractivity contribution is 7.09. The van der Waals surface area contributed by atoms with Crippen molar-refractivity contribution < 1.29 is 14.3 Å². The molecule has 1 saturated heterocycles. The van der Waals surface area contributed by atoms with Gasteiger partial charge in [-0.3, -0.25) is 9.59 Å². The Labute approximate surface area is 151 Å². The van der Waals surface area contributed by atoms with Gasteiger partial charge in [-0.1, -0.05) is 6.07 Å². The van der Waals surface area contributed by atoms with Crippen molar-refractivity contribution in [3.63, 3.8) is 0 Å². The average molecular weight is 358 g/mol. The summed E-state index contributed by atoms with van der Waals surface area (Å²) in [6.07, 6.45) is 0.295. The first-order valence-corrected chi connectivity index (χ1v) is 9.26. The van der Waals surface area contributed by atoms with E-state index in [1.807, 2.05) is 48.7 Å². The van der Waals surface area contributed by atoms with Gasteiger partial charge in [0.15, 0.2) is 0 Å². The van der Waals surface area contributed by atoms with E-state index in [4.69, 9.17) is 4.74 Å². The standard InChI is InChI=1S/C19H22N2O3S/c1-3-20-12-14(11-18(20)22)19(23)21(13-17-5-4-10-25-17)15-6-8-16(24-2)9-7-15/h4-10,14H,3,11-13H2,1-2H3. The number of thiophene rings is 1. The van der Waals surface area contributed by atoms with E-state index in [1.54, 1.807) is 28.2 Å². The molecule has 2 aromatic rings. The summed E-state index contributed by atoms with van der Waals surface area (Å²) in [5.41, 5.74) is 0.821. The molecule has 5 nitrogen and oxygen atoms in total. The maximum absolute atomic E-state index is 13.2. The van der Waals surface area contributed by atoms with Gasteiger partial charge < -0.3 is 14.5 Å². The van der Waals surface area contributed by atoms with Gasteiger partial charge in [0, 0.05) is 30.1 Å². The quantitative estimate of drug-likeness (QED) is 0.797. The van der Waals surface area contributed by atoms with Crippen molar-refractivity contribution in [3.05, 3.63) is 46.7 Å². The van der Waals surface area contributed by atoms with Crippen molar-refractivity contribution in [1.82, 2.24) is 4.90 Å². The van der Waals surface area contributed by atoms with E-state index in [0.29, 0.717) is 26.1 Å². The van der Waals surface area contributed by atoms with Crippen molar-refractivity contribution in [1.29, 1.82) is 0 Å². The normalized spacial score (nSPS) is 17.0. The third-order valence-electron chi connectivity index (χ3n) is 4.49. The van der Waals surface area contributed by atoms with Crippen LogP contribution in [-0.2, 0) is 16.1 Å². The summed E-state index contributed by atoms with van der Waals surface area (Å²) in [7, 11) is 1.62. The van der Waals surface area contributed by atoms with Crippen LogP contribution in [-0.4, -0.2) is 36.9 Å². The number of ether oxygens (including phenoxy) is 1. The van der Waals surface area contributed by atoms with Crippen LogP contribution >= 0.6 is 11.3 Å². The molecular formula is C19H22N2O3S. The Kier molecular flexibility index (Phi) is 5.38. The van der Waals surface area contributed by atoms with Crippen molar-refractivity contribution in [2.24, 2.45) is 5.92 Å². The zero-order valence-electron chi connectivity index (χ0n) is 14.5. The number of nitrogens with zero attached hydrogens (tertiary/aromatic N) is 2. The zero-order chi connectivity index (χ0) is 17.8. The van der Waals surface area contributed by atoms with Crippen LogP contribution in [0.3, 0.4) is 0 Å². The second kappa shape index (κ2) is 7.70. The van der Waals surface area contributed by atoms with Crippen molar-refractivity contribution in [3.8, 4) is 5.75 Å². The highest BCUT2D eigenvalue weighted by atomic mass is 32.1. The fourth-order valence-electron chi connectivity index (χ4n) is 3.08. The smallest absolute Gasteiger partial charge is 0.232 e. The Bertz CT molecular complexity index is 728. The monoisotopic (exact) mass is 358 g/mol. The maximum Gasteiger partial charge on any atom is 0.232 e. The van der Waals surface area contributed by atoms with Crippen LogP contribution in [0.15, 0.2) is 41.8 Å². The molecule has 25 heavy (non-hydrogen) atoms. The Balaban J connectivity index is 1.85. The highest BCUT2D eigenvalue weighted by Gasteiger charge is 2.36. The molecule has 1 aliphatic heterocycles. The molecule has 0 bridgehead atoms. The van der Waals surface area contributed by atoms with Crippen molar-refractivity contribution in [2.45, 2.75) is 19.9 Å². The molecule has 132 valence electrons. The molecule has 2 amide bonds. The summed E-state index contributed by atoms with van der Waals surface area (Å²) in [6, 6.07) is 11.5. The molecule has 6 heteroatoms. The molecule has 0 saturated carbocycles. The molecule has 0 radical (unpaired) electrons. The minimum absolute atomic E-state index is 0.00265. The largest absolute Gasteiger partial charge is 0.497 e. The van der Waals surface area contributed by atoms with E-state index in [1.165, 1.54) is 0 Å². The highest BCUT2D eigenvalue weighted by Crippen LogP contribution is 2.27. The van der Waals surface area contributed by atoms with Gasteiger partial charge in [-0.25, -0.2) is 0 Å². The number of hydrogen-bond acceptors (Lipinski definition) is 4. The Morgan fingerprint density at radius 2 is 2.08 bits per heavy atom. The lowest BCUT2D eigenvalue weighted by Gasteiger charge is -2.25. The number of rotatable bonds is 6. The van der Waals surface area contributed by atoms with Gasteiger partial charge in [-0.2, -0.15) is 0 Å². The van der Waals surface area contributed by atoms with Crippen LogP contribution in [0.25, 0.3) is 0 Å². The lowest BCUT2D eigenvalue weighted by Crippen LogP contribution is -2.37. The lowest BCUT2D eigenvalue weighted by molar-refractivity contribution is -0.128. The number of amides is 2. The molecule has 0 aliphatic carbocycles. The minimum Gasteiger partial charge on any atom is -0.497 e. The third-order valence-corrected chi connectivity index (χ3v) is 5.35. The topological polar surface area (TPSA) is 49.9 Å². The van der Waals surface area contributed by atoms with Crippen LogP contribution in [0.1, 0.15) is 18.2 Å². The van der Waals surface area contributed by atoms with Crippen molar-refractivity contribution in [2.75, 3.05) is 25.1 Å². The molecule has 1 atom stereocenters. The third kappa shape index (κ3) is 3.85. The van der Waals surface area contributed by atoms with Crippen molar-refractivity contribution >= 4 is 28.8 Å². The van der Waals surface area contributed by atoms with E-state index in [0.717, 1.165) is 16.3 Å². The maximum atomic E-state index is 13.2. The van der Waals surface area contributed by atoms with Crippen LogP contribution in [0.5, 0.6) is 5.75 Å². The summed E-state index contributed by atoms with van der Waals surface area (Å²) >= 11 is 1.62. The van der Waals surface area contributed by atoms with E-state index < -0.39 is 0 Å². The van der Waals surface area contributed by atoms with Crippen LogP contribution < -0.4 is 9.64 Å². The molecule has 2 heterocycles. The number of hydrogen-bond donors (Lipinski definition) is 0. The molecule has 1 aliphatic rings. The predicted molar refractivity (Wildman–Crippen MR) is 98.9 cm³/mol. The molecule has 1 aromatic carbocycles. The molecule has 3 rings (SSSR count). The molecule has 1 unspecified atom stereocenters. The molecule has 0 N–H and O–H groups in total. The predicted octanol–water partition coefficient (Wildman–Crippen LogP) is 3.16. The number of benzene rings is 1. The summed E-state index contributed by atoms with van der Waals surface area (Å²) in [4.78, 5) is 29.8. The Hall–Kier alpha value is -2.34. The van der Waals surface area contributed by atoms with Crippen LogP contribution in [0.2, 0.25) is 0 Å². The van der Waals surface area contributed by atoms with Crippen LogP contribution in [0.4, 0.5) is 5.69 Å². The lowest BCUT2D eigenvalue weighted by atomic mass is 10.1. The van der Waals surface area contributed by atoms with E-state index in [-0.39, 0.29) is 17.7 Å². The molecule has 1 aromatic heterocycles. The van der Waals surface area contributed by atoms with Gasteiger partial charge in [0.25, 0.3) is 0 Å². The molecule has 1 fully saturated rings. The number of carbonyl (C=O) groups excluding carboxylic acids is 2. The zero-order valence-corrected chi connectivity index (χ0v) is 15.3. The minimum atomic E-state index is -0.283. The first kappa shape index (κ1) is 17.5. The number of methoxy groups -OCH3 is 1. The first-order chi connectivity index (χ1) is 12.1. The Morgan fingerprint density at radius 1 is 1.32 bits per heavy atom. The van der Waals surface area contributed by atoms with Gasteiger partial charge in [-0.05, 0) is 42.6 Å². The van der Waals surface area contributed by atoms with E-state index in [9.17, 15) is 9.59 Å². The second-order valence-corrected chi connectivity index (χ2v) is 7.07. The average Bonchev–Trinajstić information content (AvgIpc) is 3.28. The number of likely N-dealkylation sites (tertiary alicyclic amines) is 1. The first-order valence-electron chi connectivity index (χ1n) is 8.38. The second-order valence-electron chi connectivity index (χ2n) is 6.04. The number of carbonyl (C=O) groups is 2. The fraction of sp³-hybridized carbons (Fsp3) is 0.368. The molecule has 0 spiro atoms. The summed E-state index contributed by atoms with van der Waals surface area (Å²) < 4.78 is 5.21. The summed E-state index contributed by atoms with van der Waals surface area (Å²) in [5.74, 6) is 0.532. The summed E-state index contributed by atoms with van der Waals surface area (Å²) in [6.45, 7) is 3.61.